The van der Waals surface area contributed by atoms with Gasteiger partial charge in [-0.2, -0.15) is 0 Å². The Morgan fingerprint density at radius 1 is 1.22 bits per heavy atom. The molecule has 0 aromatic heterocycles. The monoisotopic (exact) mass is 310 g/mol. The minimum atomic E-state index is 0.0659. The van der Waals surface area contributed by atoms with Crippen LogP contribution in [0.15, 0.2) is 48.5 Å². The third kappa shape index (κ3) is 3.22. The fourth-order valence-electron chi connectivity index (χ4n) is 3.19. The largest absolute Gasteiger partial charge is 0.497 e. The van der Waals surface area contributed by atoms with Gasteiger partial charge in [-0.15, -0.1) is 0 Å². The number of ether oxygens (including phenoxy) is 1. The molecule has 4 nitrogen and oxygen atoms in total. The van der Waals surface area contributed by atoms with Crippen LogP contribution < -0.4 is 10.5 Å². The lowest BCUT2D eigenvalue weighted by atomic mass is 9.89. The topological polar surface area (TPSA) is 55.6 Å². The SMILES string of the molecule is COc1ccc2c(c1)CN(C(=O)CCN)C(c1ccccc1)C2. The molecule has 1 amide bonds. The number of benzene rings is 2. The molecule has 0 radical (unpaired) electrons. The maximum Gasteiger partial charge on any atom is 0.224 e. The van der Waals surface area contributed by atoms with E-state index in [-0.39, 0.29) is 11.9 Å². The highest BCUT2D eigenvalue weighted by atomic mass is 16.5. The molecule has 1 heterocycles. The Morgan fingerprint density at radius 2 is 2.00 bits per heavy atom. The summed E-state index contributed by atoms with van der Waals surface area (Å²) in [5.41, 5.74) is 9.19. The number of methoxy groups -OCH3 is 1. The fourth-order valence-corrected chi connectivity index (χ4v) is 3.19. The molecule has 2 N–H and O–H groups in total. The summed E-state index contributed by atoms with van der Waals surface area (Å²) in [6, 6.07) is 16.4. The molecule has 4 heteroatoms. The first-order chi connectivity index (χ1) is 11.2. The number of nitrogens with two attached hydrogens (primary N) is 1. The Balaban J connectivity index is 1.97. The van der Waals surface area contributed by atoms with E-state index in [0.717, 1.165) is 17.7 Å². The van der Waals surface area contributed by atoms with E-state index in [0.29, 0.717) is 19.5 Å². The molecule has 1 unspecified atom stereocenters. The molecule has 0 fully saturated rings. The van der Waals surface area contributed by atoms with E-state index in [1.54, 1.807) is 7.11 Å². The summed E-state index contributed by atoms with van der Waals surface area (Å²) >= 11 is 0. The fraction of sp³-hybridized carbons (Fsp3) is 0.316. The Kier molecular flexibility index (Phi) is 4.63. The van der Waals surface area contributed by atoms with Gasteiger partial charge < -0.3 is 15.4 Å². The van der Waals surface area contributed by atoms with Crippen molar-refractivity contribution < 1.29 is 9.53 Å². The minimum Gasteiger partial charge on any atom is -0.497 e. The van der Waals surface area contributed by atoms with E-state index >= 15 is 0 Å². The molecule has 23 heavy (non-hydrogen) atoms. The molecule has 0 aliphatic carbocycles. The molecule has 0 saturated carbocycles. The van der Waals surface area contributed by atoms with Gasteiger partial charge in [0.2, 0.25) is 5.91 Å². The van der Waals surface area contributed by atoms with E-state index in [1.165, 1.54) is 11.1 Å². The highest BCUT2D eigenvalue weighted by Crippen LogP contribution is 2.35. The first kappa shape index (κ1) is 15.6. The average molecular weight is 310 g/mol. The molecule has 0 saturated heterocycles. The van der Waals surface area contributed by atoms with Gasteiger partial charge in [0.05, 0.1) is 13.2 Å². The van der Waals surface area contributed by atoms with Gasteiger partial charge in [-0.05, 0) is 35.2 Å². The molecular formula is C19H22N2O2. The lowest BCUT2D eigenvalue weighted by molar-refractivity contribution is -0.134. The van der Waals surface area contributed by atoms with E-state index in [2.05, 4.69) is 18.2 Å². The number of amides is 1. The standard InChI is InChI=1S/C19H22N2O2/c1-23-17-8-7-15-12-18(14-5-3-2-4-6-14)21(13-16(15)11-17)19(22)9-10-20/h2-8,11,18H,9-10,12-13,20H2,1H3. The second kappa shape index (κ2) is 6.84. The van der Waals surface area contributed by atoms with Gasteiger partial charge >= 0.3 is 0 Å². The summed E-state index contributed by atoms with van der Waals surface area (Å²) in [7, 11) is 1.66. The Labute approximate surface area is 136 Å². The molecule has 120 valence electrons. The molecule has 1 aliphatic heterocycles. The Morgan fingerprint density at radius 3 is 2.70 bits per heavy atom. The maximum absolute atomic E-state index is 12.6. The highest BCUT2D eigenvalue weighted by Gasteiger charge is 2.30. The van der Waals surface area contributed by atoms with Gasteiger partial charge in [0, 0.05) is 19.5 Å². The van der Waals surface area contributed by atoms with Crippen LogP contribution in [-0.4, -0.2) is 24.5 Å². The van der Waals surface area contributed by atoms with Crippen LogP contribution in [0.3, 0.4) is 0 Å². The smallest absolute Gasteiger partial charge is 0.224 e. The molecule has 3 rings (SSSR count). The van der Waals surface area contributed by atoms with Crippen molar-refractivity contribution in [2.45, 2.75) is 25.4 Å². The van der Waals surface area contributed by atoms with Crippen LogP contribution in [0, 0.1) is 0 Å². The predicted molar refractivity (Wildman–Crippen MR) is 90.1 cm³/mol. The van der Waals surface area contributed by atoms with Crippen LogP contribution in [0.4, 0.5) is 0 Å². The summed E-state index contributed by atoms with van der Waals surface area (Å²) in [5.74, 6) is 0.933. The van der Waals surface area contributed by atoms with E-state index < -0.39 is 0 Å². The first-order valence-corrected chi connectivity index (χ1v) is 7.93. The third-order valence-electron chi connectivity index (χ3n) is 4.41. The van der Waals surface area contributed by atoms with Crippen molar-refractivity contribution >= 4 is 5.91 Å². The van der Waals surface area contributed by atoms with Gasteiger partial charge in [0.15, 0.2) is 0 Å². The lowest BCUT2D eigenvalue weighted by Gasteiger charge is -2.37. The van der Waals surface area contributed by atoms with Gasteiger partial charge in [0.1, 0.15) is 5.75 Å². The number of hydrogen-bond acceptors (Lipinski definition) is 3. The number of carbonyl (C=O) groups excluding carboxylic acids is 1. The molecule has 2 aromatic rings. The molecule has 0 spiro atoms. The zero-order valence-electron chi connectivity index (χ0n) is 13.4. The van der Waals surface area contributed by atoms with Crippen molar-refractivity contribution in [3.8, 4) is 5.75 Å². The van der Waals surface area contributed by atoms with E-state index in [1.807, 2.05) is 35.2 Å². The Hall–Kier alpha value is -2.33. The van der Waals surface area contributed by atoms with Crippen molar-refractivity contribution in [1.29, 1.82) is 0 Å². The third-order valence-corrected chi connectivity index (χ3v) is 4.41. The first-order valence-electron chi connectivity index (χ1n) is 7.93. The van der Waals surface area contributed by atoms with Crippen LogP contribution in [0.1, 0.15) is 29.2 Å². The molecule has 2 aromatic carbocycles. The van der Waals surface area contributed by atoms with Crippen LogP contribution in [-0.2, 0) is 17.8 Å². The Bertz CT molecular complexity index is 685. The van der Waals surface area contributed by atoms with Crippen LogP contribution in [0.2, 0.25) is 0 Å². The normalized spacial score (nSPS) is 16.8. The molecular weight excluding hydrogens is 288 g/mol. The number of fused-ring (bicyclic) bond motifs is 1. The van der Waals surface area contributed by atoms with Gasteiger partial charge in [-0.25, -0.2) is 0 Å². The second-order valence-corrected chi connectivity index (χ2v) is 5.83. The van der Waals surface area contributed by atoms with Crippen molar-refractivity contribution in [3.63, 3.8) is 0 Å². The van der Waals surface area contributed by atoms with E-state index in [4.69, 9.17) is 10.5 Å². The number of nitrogens with zero attached hydrogens (tertiary/aromatic N) is 1. The highest BCUT2D eigenvalue weighted by molar-refractivity contribution is 5.77. The zero-order chi connectivity index (χ0) is 16.2. The van der Waals surface area contributed by atoms with Crippen molar-refractivity contribution in [2.75, 3.05) is 13.7 Å². The van der Waals surface area contributed by atoms with Crippen LogP contribution >= 0.6 is 0 Å². The minimum absolute atomic E-state index is 0.0659. The van der Waals surface area contributed by atoms with Crippen molar-refractivity contribution in [1.82, 2.24) is 4.90 Å². The van der Waals surface area contributed by atoms with Gasteiger partial charge in [-0.3, -0.25) is 4.79 Å². The van der Waals surface area contributed by atoms with Gasteiger partial charge in [0.25, 0.3) is 0 Å². The summed E-state index contributed by atoms with van der Waals surface area (Å²) in [6.45, 7) is 0.979. The number of carbonyl (C=O) groups is 1. The number of hydrogen-bond donors (Lipinski definition) is 1. The van der Waals surface area contributed by atoms with Crippen molar-refractivity contribution in [3.05, 3.63) is 65.2 Å². The maximum atomic E-state index is 12.6. The van der Waals surface area contributed by atoms with Crippen molar-refractivity contribution in [2.24, 2.45) is 5.73 Å². The average Bonchev–Trinajstić information content (AvgIpc) is 2.61. The van der Waals surface area contributed by atoms with Gasteiger partial charge in [-0.1, -0.05) is 36.4 Å². The molecule has 1 aliphatic rings. The lowest BCUT2D eigenvalue weighted by Crippen LogP contribution is -2.39. The summed E-state index contributed by atoms with van der Waals surface area (Å²) in [6.07, 6.45) is 1.20. The molecule has 1 atom stereocenters. The summed E-state index contributed by atoms with van der Waals surface area (Å²) in [4.78, 5) is 14.5. The van der Waals surface area contributed by atoms with E-state index in [9.17, 15) is 4.79 Å². The van der Waals surface area contributed by atoms with Crippen LogP contribution in [0.5, 0.6) is 5.75 Å². The summed E-state index contributed by atoms with van der Waals surface area (Å²) < 4.78 is 5.31. The quantitative estimate of drug-likeness (QED) is 0.944. The molecule has 0 bridgehead atoms. The predicted octanol–water partition coefficient (Wildman–Crippen LogP) is 2.67. The summed E-state index contributed by atoms with van der Waals surface area (Å²) in [5, 5.41) is 0. The second-order valence-electron chi connectivity index (χ2n) is 5.83. The zero-order valence-corrected chi connectivity index (χ0v) is 13.4. The number of rotatable bonds is 4. The van der Waals surface area contributed by atoms with Crippen LogP contribution in [0.25, 0.3) is 0 Å².